The van der Waals surface area contributed by atoms with Crippen molar-refractivity contribution in [2.24, 2.45) is 35.0 Å². The maximum absolute atomic E-state index is 2.67. The van der Waals surface area contributed by atoms with Crippen LogP contribution in [0.5, 0.6) is 0 Å². The van der Waals surface area contributed by atoms with E-state index in [2.05, 4.69) is 33.8 Å². The lowest BCUT2D eigenvalue weighted by molar-refractivity contribution is -0.0581. The van der Waals surface area contributed by atoms with Gasteiger partial charge >= 0.3 is 0 Å². The van der Waals surface area contributed by atoms with Gasteiger partial charge in [0.2, 0.25) is 0 Å². The number of allylic oxidation sites excluding steroid dienone is 2. The van der Waals surface area contributed by atoms with E-state index in [1.165, 1.54) is 51.4 Å². The summed E-state index contributed by atoms with van der Waals surface area (Å²) in [5, 5.41) is 0. The fourth-order valence-electron chi connectivity index (χ4n) is 6.08. The van der Waals surface area contributed by atoms with E-state index in [-0.39, 0.29) is 0 Å². The molecule has 3 fully saturated rings. The predicted molar refractivity (Wildman–Crippen MR) is 87.6 cm³/mol. The van der Waals surface area contributed by atoms with Crippen molar-refractivity contribution in [2.75, 3.05) is 0 Å². The molecule has 5 atom stereocenters. The Morgan fingerprint density at radius 2 is 1.95 bits per heavy atom. The van der Waals surface area contributed by atoms with Crippen LogP contribution >= 0.6 is 0 Å². The first kappa shape index (κ1) is 14.7. The summed E-state index contributed by atoms with van der Waals surface area (Å²) in [6.45, 7) is 9.83. The summed E-state index contributed by atoms with van der Waals surface area (Å²) in [5.41, 5.74) is 2.48. The topological polar surface area (TPSA) is 0 Å². The van der Waals surface area contributed by atoms with E-state index in [0.717, 1.165) is 29.6 Å². The summed E-state index contributed by atoms with van der Waals surface area (Å²) in [6.07, 6.45) is 14.4. The van der Waals surface area contributed by atoms with Gasteiger partial charge in [-0.2, -0.15) is 0 Å². The first-order valence-electron chi connectivity index (χ1n) is 9.21. The summed E-state index contributed by atoms with van der Waals surface area (Å²) in [5.74, 6) is 4.89. The zero-order valence-electron chi connectivity index (χ0n) is 14.1. The molecule has 0 aromatic heterocycles. The highest BCUT2D eigenvalue weighted by Gasteiger charge is 2.51. The molecule has 5 unspecified atom stereocenters. The monoisotopic (exact) mass is 274 g/mol. The minimum Gasteiger partial charge on any atom is -0.0882 e. The lowest BCUT2D eigenvalue weighted by Gasteiger charge is -2.57. The lowest BCUT2D eigenvalue weighted by Crippen LogP contribution is -2.48. The molecule has 3 saturated carbocycles. The Morgan fingerprint density at radius 1 is 1.15 bits per heavy atom. The molecule has 0 N–H and O–H groups in total. The molecule has 3 aliphatic rings. The molecule has 0 heteroatoms. The molecule has 0 aromatic rings. The predicted octanol–water partition coefficient (Wildman–Crippen LogP) is 6.22. The van der Waals surface area contributed by atoms with Crippen LogP contribution in [-0.4, -0.2) is 0 Å². The Labute approximate surface area is 126 Å². The molecular formula is C20H34. The lowest BCUT2D eigenvalue weighted by atomic mass is 9.47. The average Bonchev–Trinajstić information content (AvgIpc) is 2.45. The van der Waals surface area contributed by atoms with Gasteiger partial charge in [0.25, 0.3) is 0 Å². The molecule has 114 valence electrons. The highest BCUT2D eigenvalue weighted by atomic mass is 14.6. The maximum Gasteiger partial charge on any atom is -0.0170 e. The molecule has 3 rings (SSSR count). The van der Waals surface area contributed by atoms with Crippen molar-refractivity contribution in [3.8, 4) is 0 Å². The van der Waals surface area contributed by atoms with Crippen LogP contribution in [0.15, 0.2) is 11.6 Å². The van der Waals surface area contributed by atoms with Gasteiger partial charge in [-0.3, -0.25) is 0 Å². The molecule has 0 heterocycles. The van der Waals surface area contributed by atoms with Crippen LogP contribution < -0.4 is 0 Å². The minimum atomic E-state index is 0.670. The second-order valence-electron chi connectivity index (χ2n) is 8.53. The Kier molecular flexibility index (Phi) is 4.04. The molecule has 0 amide bonds. The van der Waals surface area contributed by atoms with E-state index >= 15 is 0 Å². The molecule has 0 aliphatic heterocycles. The van der Waals surface area contributed by atoms with E-state index in [4.69, 9.17) is 0 Å². The van der Waals surface area contributed by atoms with Crippen LogP contribution in [0.25, 0.3) is 0 Å². The van der Waals surface area contributed by atoms with Crippen molar-refractivity contribution >= 4 is 0 Å². The first-order valence-corrected chi connectivity index (χ1v) is 9.21. The number of fused-ring (bicyclic) bond motifs is 3. The zero-order valence-corrected chi connectivity index (χ0v) is 14.1. The third-order valence-corrected chi connectivity index (χ3v) is 7.50. The van der Waals surface area contributed by atoms with Crippen LogP contribution in [0.3, 0.4) is 0 Å². The quantitative estimate of drug-likeness (QED) is 0.498. The molecule has 3 aliphatic carbocycles. The number of rotatable bonds is 1. The van der Waals surface area contributed by atoms with Crippen LogP contribution in [0.1, 0.15) is 79.1 Å². The van der Waals surface area contributed by atoms with Gasteiger partial charge in [0.1, 0.15) is 0 Å². The van der Waals surface area contributed by atoms with Gasteiger partial charge in [0, 0.05) is 0 Å². The van der Waals surface area contributed by atoms with Gasteiger partial charge < -0.3 is 0 Å². The standard InChI is InChI=1S/C20H34/c1-5-15-7-6-8-19-18(15)10-9-17-13-16(14(2)3)11-12-20(17,19)4/h5,14,16-19H,6-13H2,1-4H3. The van der Waals surface area contributed by atoms with Gasteiger partial charge in [-0.05, 0) is 93.3 Å². The van der Waals surface area contributed by atoms with E-state index in [1.807, 2.05) is 5.57 Å². The van der Waals surface area contributed by atoms with Crippen molar-refractivity contribution in [2.45, 2.75) is 79.1 Å². The normalized spacial score (nSPS) is 47.1. The fourth-order valence-corrected chi connectivity index (χ4v) is 6.08. The second-order valence-corrected chi connectivity index (χ2v) is 8.53. The SMILES string of the molecule is CC=C1CCCC2C1CCC1CC(C(C)C)CCC12C. The van der Waals surface area contributed by atoms with Gasteiger partial charge in [-0.1, -0.05) is 32.4 Å². The summed E-state index contributed by atoms with van der Waals surface area (Å²) >= 11 is 0. The van der Waals surface area contributed by atoms with Gasteiger partial charge in [0.05, 0.1) is 0 Å². The van der Waals surface area contributed by atoms with Crippen molar-refractivity contribution in [3.63, 3.8) is 0 Å². The van der Waals surface area contributed by atoms with E-state index < -0.39 is 0 Å². The molecule has 20 heavy (non-hydrogen) atoms. The molecule has 0 nitrogen and oxygen atoms in total. The second kappa shape index (κ2) is 5.50. The zero-order chi connectivity index (χ0) is 14.3. The third-order valence-electron chi connectivity index (χ3n) is 7.50. The molecule has 0 bridgehead atoms. The third kappa shape index (κ3) is 2.28. The van der Waals surface area contributed by atoms with E-state index in [9.17, 15) is 0 Å². The van der Waals surface area contributed by atoms with Gasteiger partial charge in [-0.15, -0.1) is 0 Å². The van der Waals surface area contributed by atoms with E-state index in [1.54, 1.807) is 0 Å². The largest absolute Gasteiger partial charge is 0.0882 e. The molecule has 0 aromatic carbocycles. The van der Waals surface area contributed by atoms with Gasteiger partial charge in [-0.25, -0.2) is 0 Å². The van der Waals surface area contributed by atoms with Crippen LogP contribution in [0.2, 0.25) is 0 Å². The van der Waals surface area contributed by atoms with Crippen molar-refractivity contribution in [1.29, 1.82) is 0 Å². The summed E-state index contributed by atoms with van der Waals surface area (Å²) in [7, 11) is 0. The van der Waals surface area contributed by atoms with Gasteiger partial charge in [0.15, 0.2) is 0 Å². The Bertz CT molecular complexity index is 377. The summed E-state index contributed by atoms with van der Waals surface area (Å²) in [6, 6.07) is 0. The van der Waals surface area contributed by atoms with Crippen molar-refractivity contribution in [3.05, 3.63) is 11.6 Å². The molecule has 0 spiro atoms. The molecule has 0 saturated heterocycles. The van der Waals surface area contributed by atoms with Crippen molar-refractivity contribution < 1.29 is 0 Å². The molecule has 0 radical (unpaired) electrons. The minimum absolute atomic E-state index is 0.670. The average molecular weight is 274 g/mol. The van der Waals surface area contributed by atoms with Crippen LogP contribution in [-0.2, 0) is 0 Å². The highest BCUT2D eigenvalue weighted by Crippen LogP contribution is 2.61. The Balaban J connectivity index is 1.81. The summed E-state index contributed by atoms with van der Waals surface area (Å²) < 4.78 is 0. The number of hydrogen-bond acceptors (Lipinski definition) is 0. The molecular weight excluding hydrogens is 240 g/mol. The van der Waals surface area contributed by atoms with Crippen LogP contribution in [0, 0.1) is 35.0 Å². The summed E-state index contributed by atoms with van der Waals surface area (Å²) in [4.78, 5) is 0. The Hall–Kier alpha value is -0.260. The highest BCUT2D eigenvalue weighted by molar-refractivity contribution is 5.15. The van der Waals surface area contributed by atoms with Crippen LogP contribution in [0.4, 0.5) is 0 Å². The fraction of sp³-hybridized carbons (Fsp3) is 0.900. The first-order chi connectivity index (χ1) is 9.56. The maximum atomic E-state index is 2.67. The Morgan fingerprint density at radius 3 is 2.65 bits per heavy atom. The smallest absolute Gasteiger partial charge is 0.0170 e. The van der Waals surface area contributed by atoms with Crippen molar-refractivity contribution in [1.82, 2.24) is 0 Å². The van der Waals surface area contributed by atoms with E-state index in [0.29, 0.717) is 5.41 Å². The number of hydrogen-bond donors (Lipinski definition) is 0.